The van der Waals surface area contributed by atoms with Crippen molar-refractivity contribution in [1.29, 1.82) is 0 Å². The van der Waals surface area contributed by atoms with Gasteiger partial charge in [0.2, 0.25) is 10.0 Å². The number of nitrogens with one attached hydrogen (secondary N) is 1. The fraction of sp³-hybridized carbons (Fsp3) is 0.400. The van der Waals surface area contributed by atoms with Gasteiger partial charge in [0.15, 0.2) is 0 Å². The normalized spacial score (nSPS) is 13.6. The largest absolute Gasteiger partial charge is 0.243 e. The summed E-state index contributed by atoms with van der Waals surface area (Å²) in [6.45, 7) is 1.65. The minimum Gasteiger partial charge on any atom is -0.208 e. The summed E-state index contributed by atoms with van der Waals surface area (Å²) in [6.07, 6.45) is 0.552. The van der Waals surface area contributed by atoms with Crippen LogP contribution in [0.15, 0.2) is 23.1 Å². The van der Waals surface area contributed by atoms with Gasteiger partial charge in [-0.3, -0.25) is 0 Å². The van der Waals surface area contributed by atoms with Crippen LogP contribution in [0.1, 0.15) is 13.3 Å². The summed E-state index contributed by atoms with van der Waals surface area (Å²) in [5, 5.41) is 0.613. The Morgan fingerprint density at radius 2 is 2.06 bits per heavy atom. The summed E-state index contributed by atoms with van der Waals surface area (Å²) in [6, 6.07) is 1.97. The molecule has 3 nitrogen and oxygen atoms in total. The Hall–Kier alpha value is -0.530. The molecule has 1 aromatic carbocycles. The minimum atomic E-state index is -4.02. The van der Waals surface area contributed by atoms with E-state index in [1.807, 2.05) is 0 Å². The standard InChI is InChI=1S/C10H12BrF2NO2S/c1-7(4-5-11)14-17(15,16)10-6-8(12)2-3-9(10)13/h2-3,6-7,14H,4-5H2,1H3. The van der Waals surface area contributed by atoms with Crippen molar-refractivity contribution in [3.05, 3.63) is 29.8 Å². The summed E-state index contributed by atoms with van der Waals surface area (Å²) < 4.78 is 52.0. The van der Waals surface area contributed by atoms with E-state index in [9.17, 15) is 17.2 Å². The maximum Gasteiger partial charge on any atom is 0.243 e. The monoisotopic (exact) mass is 327 g/mol. The molecular formula is C10H12BrF2NO2S. The first kappa shape index (κ1) is 14.5. The molecule has 0 aliphatic rings. The lowest BCUT2D eigenvalue weighted by atomic mass is 10.3. The maximum absolute atomic E-state index is 13.3. The first-order valence-electron chi connectivity index (χ1n) is 4.90. The van der Waals surface area contributed by atoms with Crippen molar-refractivity contribution in [2.45, 2.75) is 24.3 Å². The Morgan fingerprint density at radius 3 is 2.65 bits per heavy atom. The van der Waals surface area contributed by atoms with Gasteiger partial charge in [0.05, 0.1) is 0 Å². The third-order valence-electron chi connectivity index (χ3n) is 2.08. The zero-order chi connectivity index (χ0) is 13.1. The number of alkyl halides is 1. The summed E-state index contributed by atoms with van der Waals surface area (Å²) in [4.78, 5) is -0.668. The van der Waals surface area contributed by atoms with Gasteiger partial charge in [-0.2, -0.15) is 0 Å². The van der Waals surface area contributed by atoms with Gasteiger partial charge < -0.3 is 0 Å². The Labute approximate surface area is 107 Å². The number of benzene rings is 1. The van der Waals surface area contributed by atoms with Crippen molar-refractivity contribution in [2.75, 3.05) is 5.33 Å². The van der Waals surface area contributed by atoms with E-state index in [1.54, 1.807) is 6.92 Å². The Bertz CT molecular complexity index is 493. The number of rotatable bonds is 5. The molecule has 0 aliphatic carbocycles. The summed E-state index contributed by atoms with van der Waals surface area (Å²) in [5.74, 6) is -1.76. The van der Waals surface area contributed by atoms with Gasteiger partial charge in [0.1, 0.15) is 16.5 Å². The molecule has 7 heteroatoms. The molecule has 1 atom stereocenters. The van der Waals surface area contributed by atoms with Crippen LogP contribution < -0.4 is 4.72 Å². The predicted octanol–water partition coefficient (Wildman–Crippen LogP) is 2.42. The number of sulfonamides is 1. The molecular weight excluding hydrogens is 316 g/mol. The number of hydrogen-bond acceptors (Lipinski definition) is 2. The van der Waals surface area contributed by atoms with E-state index < -0.39 is 26.6 Å². The third-order valence-corrected chi connectivity index (χ3v) is 4.14. The molecule has 0 saturated carbocycles. The van der Waals surface area contributed by atoms with Crippen LogP contribution in [0.5, 0.6) is 0 Å². The predicted molar refractivity (Wildman–Crippen MR) is 64.6 cm³/mol. The highest BCUT2D eigenvalue weighted by Crippen LogP contribution is 2.16. The molecule has 0 aromatic heterocycles. The second-order valence-corrected chi connectivity index (χ2v) is 6.05. The molecule has 0 amide bonds. The van der Waals surface area contributed by atoms with E-state index >= 15 is 0 Å². The summed E-state index contributed by atoms with van der Waals surface area (Å²) in [5.41, 5.74) is 0. The van der Waals surface area contributed by atoms with Crippen LogP contribution in [0.25, 0.3) is 0 Å². The molecule has 1 unspecified atom stereocenters. The second-order valence-electron chi connectivity index (χ2n) is 3.57. The van der Waals surface area contributed by atoms with E-state index in [-0.39, 0.29) is 6.04 Å². The van der Waals surface area contributed by atoms with Crippen LogP contribution >= 0.6 is 15.9 Å². The molecule has 0 bridgehead atoms. The minimum absolute atomic E-state index is 0.359. The van der Waals surface area contributed by atoms with E-state index in [1.165, 1.54) is 0 Å². The number of hydrogen-bond donors (Lipinski definition) is 1. The smallest absolute Gasteiger partial charge is 0.208 e. The van der Waals surface area contributed by atoms with Gasteiger partial charge >= 0.3 is 0 Å². The second kappa shape index (κ2) is 5.88. The van der Waals surface area contributed by atoms with Crippen LogP contribution in [0.2, 0.25) is 0 Å². The van der Waals surface area contributed by atoms with Crippen LogP contribution in [-0.4, -0.2) is 19.8 Å². The highest BCUT2D eigenvalue weighted by atomic mass is 79.9. The van der Waals surface area contributed by atoms with Gasteiger partial charge in [-0.05, 0) is 31.5 Å². The van der Waals surface area contributed by atoms with Gasteiger partial charge in [-0.25, -0.2) is 21.9 Å². The lowest BCUT2D eigenvalue weighted by Crippen LogP contribution is -2.33. The molecule has 96 valence electrons. The van der Waals surface area contributed by atoms with Crippen molar-refractivity contribution in [3.63, 3.8) is 0 Å². The third kappa shape index (κ3) is 4.01. The average molecular weight is 328 g/mol. The van der Waals surface area contributed by atoms with Crippen molar-refractivity contribution in [2.24, 2.45) is 0 Å². The van der Waals surface area contributed by atoms with Gasteiger partial charge in [-0.15, -0.1) is 0 Å². The highest BCUT2D eigenvalue weighted by molar-refractivity contribution is 9.09. The van der Waals surface area contributed by atoms with Crippen LogP contribution in [0, 0.1) is 11.6 Å². The summed E-state index contributed by atoms with van der Waals surface area (Å²) in [7, 11) is -4.02. The molecule has 1 rings (SSSR count). The molecule has 17 heavy (non-hydrogen) atoms. The average Bonchev–Trinajstić information content (AvgIpc) is 2.21. The SMILES string of the molecule is CC(CCBr)NS(=O)(=O)c1cc(F)ccc1F. The molecule has 0 fully saturated rings. The van der Waals surface area contributed by atoms with Crippen molar-refractivity contribution >= 4 is 26.0 Å². The van der Waals surface area contributed by atoms with E-state index in [4.69, 9.17) is 0 Å². The van der Waals surface area contributed by atoms with Crippen LogP contribution in [0.4, 0.5) is 8.78 Å². The lowest BCUT2D eigenvalue weighted by Gasteiger charge is -2.13. The quantitative estimate of drug-likeness (QED) is 0.844. The number of halogens is 3. The molecule has 0 saturated heterocycles. The van der Waals surface area contributed by atoms with Gasteiger partial charge in [0.25, 0.3) is 0 Å². The van der Waals surface area contributed by atoms with E-state index in [0.29, 0.717) is 17.8 Å². The van der Waals surface area contributed by atoms with Crippen molar-refractivity contribution in [1.82, 2.24) is 4.72 Å². The van der Waals surface area contributed by atoms with Crippen molar-refractivity contribution < 1.29 is 17.2 Å². The van der Waals surface area contributed by atoms with E-state index in [2.05, 4.69) is 20.7 Å². The molecule has 0 aliphatic heterocycles. The van der Waals surface area contributed by atoms with Crippen molar-refractivity contribution in [3.8, 4) is 0 Å². The molecule has 1 aromatic rings. The Kier molecular flexibility index (Phi) is 5.03. The molecule has 1 N–H and O–H groups in total. The zero-order valence-corrected chi connectivity index (χ0v) is 11.5. The highest BCUT2D eigenvalue weighted by Gasteiger charge is 2.21. The van der Waals surface area contributed by atoms with Gasteiger partial charge in [-0.1, -0.05) is 15.9 Å². The van der Waals surface area contributed by atoms with Crippen LogP contribution in [0.3, 0.4) is 0 Å². The first-order valence-corrected chi connectivity index (χ1v) is 7.50. The summed E-state index contributed by atoms with van der Waals surface area (Å²) >= 11 is 3.17. The van der Waals surface area contributed by atoms with E-state index in [0.717, 1.165) is 12.1 Å². The lowest BCUT2D eigenvalue weighted by molar-refractivity contribution is 0.533. The fourth-order valence-electron chi connectivity index (χ4n) is 1.23. The molecule has 0 heterocycles. The Balaban J connectivity index is 3.01. The Morgan fingerprint density at radius 1 is 1.41 bits per heavy atom. The maximum atomic E-state index is 13.3. The fourth-order valence-corrected chi connectivity index (χ4v) is 3.29. The van der Waals surface area contributed by atoms with Gasteiger partial charge in [0, 0.05) is 11.4 Å². The molecule has 0 radical (unpaired) electrons. The topological polar surface area (TPSA) is 46.2 Å². The molecule has 0 spiro atoms. The van der Waals surface area contributed by atoms with Crippen LogP contribution in [-0.2, 0) is 10.0 Å². The zero-order valence-electron chi connectivity index (χ0n) is 9.08. The first-order chi connectivity index (χ1) is 7.86.